The molecule has 1 fully saturated rings. The van der Waals surface area contributed by atoms with Crippen LogP contribution in [-0.2, 0) is 19.1 Å². The van der Waals surface area contributed by atoms with E-state index < -0.39 is 0 Å². The van der Waals surface area contributed by atoms with Crippen LogP contribution in [0.5, 0.6) is 0 Å². The first-order valence-electron chi connectivity index (χ1n) is 6.20. The van der Waals surface area contributed by atoms with Gasteiger partial charge in [0.1, 0.15) is 0 Å². The smallest absolute Gasteiger partial charge is 0.310 e. The lowest BCUT2D eigenvalue weighted by atomic mass is 9.83. The van der Waals surface area contributed by atoms with Crippen molar-refractivity contribution in [3.8, 4) is 0 Å². The van der Waals surface area contributed by atoms with Crippen molar-refractivity contribution in [2.24, 2.45) is 23.7 Å². The van der Waals surface area contributed by atoms with E-state index in [0.717, 1.165) is 6.42 Å². The van der Waals surface area contributed by atoms with Crippen LogP contribution in [0.4, 0.5) is 0 Å². The molecular formula is C13H18O4. The molecule has 0 amide bonds. The number of fused-ring (bicyclic) bond motifs is 2. The molecule has 0 unspecified atom stereocenters. The first-order valence-corrected chi connectivity index (χ1v) is 6.20. The quantitative estimate of drug-likeness (QED) is 0.551. The lowest BCUT2D eigenvalue weighted by Gasteiger charge is -2.24. The third-order valence-electron chi connectivity index (χ3n) is 3.58. The Kier molecular flexibility index (Phi) is 3.50. The van der Waals surface area contributed by atoms with Crippen molar-refractivity contribution in [1.29, 1.82) is 0 Å². The second-order valence-corrected chi connectivity index (χ2v) is 4.50. The van der Waals surface area contributed by atoms with Gasteiger partial charge in [-0.2, -0.15) is 0 Å². The lowest BCUT2D eigenvalue weighted by molar-refractivity contribution is -0.160. The Labute approximate surface area is 101 Å². The summed E-state index contributed by atoms with van der Waals surface area (Å²) in [6, 6.07) is 0. The molecule has 4 atom stereocenters. The van der Waals surface area contributed by atoms with E-state index in [-0.39, 0.29) is 35.6 Å². The molecule has 1 saturated carbocycles. The second-order valence-electron chi connectivity index (χ2n) is 4.50. The summed E-state index contributed by atoms with van der Waals surface area (Å²) in [7, 11) is 0. The van der Waals surface area contributed by atoms with Gasteiger partial charge in [-0.3, -0.25) is 9.59 Å². The van der Waals surface area contributed by atoms with Crippen LogP contribution in [0.1, 0.15) is 20.3 Å². The SMILES string of the molecule is CCOC(=O)[C@@H]1[C@H](C(=O)OCC)[C@@H]2C=C[C@H]1C2. The first kappa shape index (κ1) is 12.1. The minimum absolute atomic E-state index is 0.147. The molecule has 0 aromatic carbocycles. The summed E-state index contributed by atoms with van der Waals surface area (Å²) in [5.74, 6) is -0.917. The molecule has 2 rings (SSSR count). The fraction of sp³-hybridized carbons (Fsp3) is 0.692. The van der Waals surface area contributed by atoms with Crippen LogP contribution in [-0.4, -0.2) is 25.2 Å². The molecule has 0 spiro atoms. The fourth-order valence-electron chi connectivity index (χ4n) is 2.94. The number of esters is 2. The number of carbonyl (C=O) groups excluding carboxylic acids is 2. The van der Waals surface area contributed by atoms with Gasteiger partial charge in [-0.1, -0.05) is 12.2 Å². The number of hydrogen-bond acceptors (Lipinski definition) is 4. The third-order valence-corrected chi connectivity index (χ3v) is 3.58. The lowest BCUT2D eigenvalue weighted by Crippen LogP contribution is -2.35. The van der Waals surface area contributed by atoms with Gasteiger partial charge in [0, 0.05) is 0 Å². The average molecular weight is 238 g/mol. The molecule has 2 bridgehead atoms. The Hall–Kier alpha value is -1.32. The molecule has 17 heavy (non-hydrogen) atoms. The van der Waals surface area contributed by atoms with Gasteiger partial charge in [-0.25, -0.2) is 0 Å². The normalized spacial score (nSPS) is 33.8. The van der Waals surface area contributed by atoms with E-state index in [0.29, 0.717) is 13.2 Å². The summed E-state index contributed by atoms with van der Waals surface area (Å²) in [5.41, 5.74) is 0. The maximum atomic E-state index is 11.9. The number of rotatable bonds is 4. The standard InChI is InChI=1S/C13H18O4/c1-3-16-12(14)10-8-5-6-9(7-8)11(10)13(15)17-4-2/h5-6,8-11H,3-4,7H2,1-2H3/t8-,9+,10-,11+. The van der Waals surface area contributed by atoms with E-state index in [1.165, 1.54) is 0 Å². The topological polar surface area (TPSA) is 52.6 Å². The summed E-state index contributed by atoms with van der Waals surface area (Å²) in [6.07, 6.45) is 4.93. The summed E-state index contributed by atoms with van der Waals surface area (Å²) < 4.78 is 10.1. The highest BCUT2D eigenvalue weighted by Crippen LogP contribution is 2.48. The van der Waals surface area contributed by atoms with Gasteiger partial charge < -0.3 is 9.47 Å². The zero-order valence-electron chi connectivity index (χ0n) is 10.2. The minimum atomic E-state index is -0.344. The average Bonchev–Trinajstić information content (AvgIpc) is 2.89. The Bertz CT molecular complexity index is 315. The highest BCUT2D eigenvalue weighted by Gasteiger charge is 2.52. The number of allylic oxidation sites excluding steroid dienone is 2. The Morgan fingerprint density at radius 3 is 1.76 bits per heavy atom. The van der Waals surface area contributed by atoms with Gasteiger partial charge >= 0.3 is 11.9 Å². The van der Waals surface area contributed by atoms with Crippen molar-refractivity contribution in [2.75, 3.05) is 13.2 Å². The van der Waals surface area contributed by atoms with Crippen LogP contribution >= 0.6 is 0 Å². The van der Waals surface area contributed by atoms with Crippen molar-refractivity contribution < 1.29 is 19.1 Å². The van der Waals surface area contributed by atoms with E-state index in [4.69, 9.17) is 9.47 Å². The number of hydrogen-bond donors (Lipinski definition) is 0. The molecule has 4 heteroatoms. The van der Waals surface area contributed by atoms with Crippen molar-refractivity contribution in [3.63, 3.8) is 0 Å². The van der Waals surface area contributed by atoms with Crippen LogP contribution in [0.25, 0.3) is 0 Å². The van der Waals surface area contributed by atoms with Crippen LogP contribution in [0, 0.1) is 23.7 Å². The third kappa shape index (κ3) is 2.08. The highest BCUT2D eigenvalue weighted by molar-refractivity contribution is 5.84. The van der Waals surface area contributed by atoms with E-state index in [1.54, 1.807) is 13.8 Å². The van der Waals surface area contributed by atoms with Crippen molar-refractivity contribution in [1.82, 2.24) is 0 Å². The maximum Gasteiger partial charge on any atom is 0.310 e. The molecule has 0 saturated heterocycles. The molecule has 0 aromatic heterocycles. The number of ether oxygens (including phenoxy) is 2. The van der Waals surface area contributed by atoms with E-state index in [9.17, 15) is 9.59 Å². The summed E-state index contributed by atoms with van der Waals surface area (Å²) in [5, 5.41) is 0. The van der Waals surface area contributed by atoms with Crippen LogP contribution in [0.2, 0.25) is 0 Å². The van der Waals surface area contributed by atoms with Gasteiger partial charge in [0.05, 0.1) is 25.0 Å². The van der Waals surface area contributed by atoms with Gasteiger partial charge in [0.2, 0.25) is 0 Å². The summed E-state index contributed by atoms with van der Waals surface area (Å²) in [6.45, 7) is 4.26. The Morgan fingerprint density at radius 2 is 1.41 bits per heavy atom. The van der Waals surface area contributed by atoms with Gasteiger partial charge in [0.15, 0.2) is 0 Å². The Morgan fingerprint density at radius 1 is 1.00 bits per heavy atom. The molecule has 0 N–H and O–H groups in total. The van der Waals surface area contributed by atoms with Crippen LogP contribution in [0.3, 0.4) is 0 Å². The van der Waals surface area contributed by atoms with Crippen molar-refractivity contribution >= 4 is 11.9 Å². The number of carbonyl (C=O) groups is 2. The molecule has 94 valence electrons. The zero-order chi connectivity index (χ0) is 12.4. The van der Waals surface area contributed by atoms with Gasteiger partial charge in [0.25, 0.3) is 0 Å². The van der Waals surface area contributed by atoms with Gasteiger partial charge in [-0.05, 0) is 32.1 Å². The monoisotopic (exact) mass is 238 g/mol. The maximum absolute atomic E-state index is 11.9. The van der Waals surface area contributed by atoms with Crippen molar-refractivity contribution in [2.45, 2.75) is 20.3 Å². The second kappa shape index (κ2) is 4.90. The van der Waals surface area contributed by atoms with E-state index >= 15 is 0 Å². The molecule has 0 aromatic rings. The molecule has 2 aliphatic carbocycles. The molecule has 0 radical (unpaired) electrons. The van der Waals surface area contributed by atoms with Gasteiger partial charge in [-0.15, -0.1) is 0 Å². The predicted molar refractivity (Wildman–Crippen MR) is 61.0 cm³/mol. The predicted octanol–water partition coefficient (Wildman–Crippen LogP) is 1.55. The largest absolute Gasteiger partial charge is 0.466 e. The minimum Gasteiger partial charge on any atom is -0.466 e. The van der Waals surface area contributed by atoms with Crippen molar-refractivity contribution in [3.05, 3.63) is 12.2 Å². The molecular weight excluding hydrogens is 220 g/mol. The first-order chi connectivity index (χ1) is 8.19. The Balaban J connectivity index is 2.14. The highest BCUT2D eigenvalue weighted by atomic mass is 16.5. The fourth-order valence-corrected chi connectivity index (χ4v) is 2.94. The molecule has 0 heterocycles. The summed E-state index contributed by atoms with van der Waals surface area (Å²) >= 11 is 0. The van der Waals surface area contributed by atoms with E-state index in [2.05, 4.69) is 0 Å². The van der Waals surface area contributed by atoms with E-state index in [1.807, 2.05) is 12.2 Å². The van der Waals surface area contributed by atoms with Crippen LogP contribution in [0.15, 0.2) is 12.2 Å². The molecule has 4 nitrogen and oxygen atoms in total. The summed E-state index contributed by atoms with van der Waals surface area (Å²) in [4.78, 5) is 23.8. The zero-order valence-corrected chi connectivity index (χ0v) is 10.2. The molecule has 0 aliphatic heterocycles. The molecule has 2 aliphatic rings. The van der Waals surface area contributed by atoms with Crippen LogP contribution < -0.4 is 0 Å².